The van der Waals surface area contributed by atoms with Gasteiger partial charge in [-0.25, -0.2) is 0 Å². The Morgan fingerprint density at radius 3 is 2.48 bits per heavy atom. The van der Waals surface area contributed by atoms with Crippen LogP contribution in [0.5, 0.6) is 5.88 Å². The molecule has 0 N–H and O–H groups in total. The predicted octanol–water partition coefficient (Wildman–Crippen LogP) is 4.95. The minimum Gasteiger partial charge on any atom is -0.361 e. The second-order valence-corrected chi connectivity index (χ2v) is 11.5. The number of rotatable bonds is 6. The van der Waals surface area contributed by atoms with Crippen molar-refractivity contribution in [3.8, 4) is 22.8 Å². The van der Waals surface area contributed by atoms with Crippen molar-refractivity contribution >= 4 is 15.9 Å². The SMILES string of the molecule is Cc1cccc(-n2nc(-c3ccccc3)cc2OS(=O)(=O)CC23CCC(CC2=O)C3(C)C)c1. The van der Waals surface area contributed by atoms with Crippen LogP contribution in [-0.2, 0) is 14.9 Å². The molecule has 6 nitrogen and oxygen atoms in total. The smallest absolute Gasteiger partial charge is 0.311 e. The maximum absolute atomic E-state index is 13.4. The average Bonchev–Trinajstić information content (AvgIpc) is 3.33. The predicted molar refractivity (Wildman–Crippen MR) is 127 cm³/mol. The molecule has 1 aromatic heterocycles. The van der Waals surface area contributed by atoms with Gasteiger partial charge in [-0.2, -0.15) is 18.2 Å². The van der Waals surface area contributed by atoms with Gasteiger partial charge in [-0.05, 0) is 48.8 Å². The van der Waals surface area contributed by atoms with Crippen molar-refractivity contribution in [1.29, 1.82) is 0 Å². The van der Waals surface area contributed by atoms with E-state index in [1.165, 1.54) is 4.68 Å². The molecule has 2 aliphatic carbocycles. The molecule has 2 fully saturated rings. The van der Waals surface area contributed by atoms with Crippen LogP contribution in [0.4, 0.5) is 0 Å². The monoisotopic (exact) mass is 464 g/mol. The van der Waals surface area contributed by atoms with Crippen LogP contribution < -0.4 is 4.18 Å². The standard InChI is InChI=1S/C26H28N2O4S/c1-18-8-7-11-21(14-18)28-24(16-22(27-28)19-9-5-4-6-10-19)32-33(30,31)17-26-13-12-20(15-23(26)29)25(26,2)3/h4-11,14,16,20H,12-13,15,17H2,1-3H3. The van der Waals surface area contributed by atoms with Gasteiger partial charge in [0.15, 0.2) is 0 Å². The lowest BCUT2D eigenvalue weighted by Crippen LogP contribution is -2.43. The molecule has 0 amide bonds. The summed E-state index contributed by atoms with van der Waals surface area (Å²) < 4.78 is 33.9. The third kappa shape index (κ3) is 3.59. The lowest BCUT2D eigenvalue weighted by Gasteiger charge is -2.35. The third-order valence-corrected chi connectivity index (χ3v) is 9.04. The van der Waals surface area contributed by atoms with Crippen molar-refractivity contribution in [2.24, 2.45) is 16.7 Å². The second kappa shape index (κ2) is 7.55. The van der Waals surface area contributed by atoms with Gasteiger partial charge in [0, 0.05) is 18.1 Å². The molecule has 2 aliphatic rings. The zero-order valence-electron chi connectivity index (χ0n) is 19.1. The van der Waals surface area contributed by atoms with Gasteiger partial charge in [0.25, 0.3) is 0 Å². The summed E-state index contributed by atoms with van der Waals surface area (Å²) in [6, 6.07) is 18.8. The minimum absolute atomic E-state index is 0.0492. The fourth-order valence-corrected chi connectivity index (χ4v) is 7.41. The topological polar surface area (TPSA) is 78.3 Å². The van der Waals surface area contributed by atoms with Gasteiger partial charge >= 0.3 is 10.1 Å². The molecule has 5 rings (SSSR count). The second-order valence-electron chi connectivity index (χ2n) is 9.94. The quantitative estimate of drug-likeness (QED) is 0.482. The molecule has 0 aliphatic heterocycles. The highest BCUT2D eigenvalue weighted by atomic mass is 32.2. The van der Waals surface area contributed by atoms with Crippen LogP contribution in [0.15, 0.2) is 60.7 Å². The van der Waals surface area contributed by atoms with E-state index >= 15 is 0 Å². The summed E-state index contributed by atoms with van der Waals surface area (Å²) in [4.78, 5) is 12.9. The van der Waals surface area contributed by atoms with E-state index in [-0.39, 0.29) is 28.7 Å². The number of hydrogen-bond acceptors (Lipinski definition) is 5. The van der Waals surface area contributed by atoms with Gasteiger partial charge in [0.2, 0.25) is 5.88 Å². The summed E-state index contributed by atoms with van der Waals surface area (Å²) in [5, 5.41) is 4.66. The first-order chi connectivity index (χ1) is 15.6. The lowest BCUT2D eigenvalue weighted by molar-refractivity contribution is -0.128. The Morgan fingerprint density at radius 1 is 1.09 bits per heavy atom. The molecule has 3 aromatic rings. The molecule has 2 bridgehead atoms. The van der Waals surface area contributed by atoms with Gasteiger partial charge in [-0.3, -0.25) is 4.79 Å². The van der Waals surface area contributed by atoms with Crippen molar-refractivity contribution in [3.05, 3.63) is 66.2 Å². The van der Waals surface area contributed by atoms with Gasteiger partial charge in [0.1, 0.15) is 5.78 Å². The van der Waals surface area contributed by atoms with Crippen molar-refractivity contribution in [2.45, 2.75) is 40.0 Å². The van der Waals surface area contributed by atoms with E-state index < -0.39 is 15.5 Å². The number of fused-ring (bicyclic) bond motifs is 2. The Bertz CT molecular complexity index is 1330. The van der Waals surface area contributed by atoms with Crippen LogP contribution in [0.3, 0.4) is 0 Å². The van der Waals surface area contributed by atoms with Gasteiger partial charge in [-0.15, -0.1) is 0 Å². The number of benzene rings is 2. The fourth-order valence-electron chi connectivity index (χ4n) is 5.69. The summed E-state index contributed by atoms with van der Waals surface area (Å²) in [6.07, 6.45) is 1.94. The number of ketones is 1. The molecule has 2 unspecified atom stereocenters. The molecule has 2 saturated carbocycles. The fraction of sp³-hybridized carbons (Fsp3) is 0.385. The highest BCUT2D eigenvalue weighted by Gasteiger charge is 2.65. The van der Waals surface area contributed by atoms with E-state index in [1.807, 2.05) is 75.4 Å². The molecular weight excluding hydrogens is 436 g/mol. The number of Topliss-reactive ketones (excluding diaryl/α,β-unsaturated/α-hetero) is 1. The Hall–Kier alpha value is -2.93. The number of hydrogen-bond donors (Lipinski definition) is 0. The molecular formula is C26H28N2O4S. The minimum atomic E-state index is -4.06. The molecule has 0 spiro atoms. The van der Waals surface area contributed by atoms with Gasteiger partial charge in [-0.1, -0.05) is 56.3 Å². The van der Waals surface area contributed by atoms with Crippen molar-refractivity contribution in [3.63, 3.8) is 0 Å². The van der Waals surface area contributed by atoms with E-state index in [9.17, 15) is 13.2 Å². The Kier molecular flexibility index (Phi) is 5.01. The molecule has 2 atom stereocenters. The van der Waals surface area contributed by atoms with Crippen LogP contribution in [-0.4, -0.2) is 29.7 Å². The van der Waals surface area contributed by atoms with E-state index in [4.69, 9.17) is 4.18 Å². The van der Waals surface area contributed by atoms with E-state index in [1.54, 1.807) is 6.07 Å². The zero-order valence-corrected chi connectivity index (χ0v) is 19.9. The molecule has 2 aromatic carbocycles. The highest BCUT2D eigenvalue weighted by molar-refractivity contribution is 7.87. The van der Waals surface area contributed by atoms with Crippen molar-refractivity contribution in [2.75, 3.05) is 5.75 Å². The number of carbonyl (C=O) groups excluding carboxylic acids is 1. The summed E-state index contributed by atoms with van der Waals surface area (Å²) in [6.45, 7) is 6.01. The number of aromatic nitrogens is 2. The van der Waals surface area contributed by atoms with Crippen LogP contribution >= 0.6 is 0 Å². The van der Waals surface area contributed by atoms with Gasteiger partial charge < -0.3 is 4.18 Å². The highest BCUT2D eigenvalue weighted by Crippen LogP contribution is 2.64. The first-order valence-corrected chi connectivity index (χ1v) is 12.9. The first kappa shape index (κ1) is 21.9. The van der Waals surface area contributed by atoms with Crippen molar-refractivity contribution < 1.29 is 17.4 Å². The molecule has 1 heterocycles. The third-order valence-electron chi connectivity index (χ3n) is 7.77. The van der Waals surface area contributed by atoms with Crippen molar-refractivity contribution in [1.82, 2.24) is 9.78 Å². The molecule has 172 valence electrons. The summed E-state index contributed by atoms with van der Waals surface area (Å²) in [5.41, 5.74) is 1.96. The normalized spacial score (nSPS) is 23.7. The van der Waals surface area contributed by atoms with Crippen LogP contribution in [0, 0.1) is 23.7 Å². The Balaban J connectivity index is 1.53. The molecule has 7 heteroatoms. The van der Waals surface area contributed by atoms with Crippen LogP contribution in [0.2, 0.25) is 0 Å². The number of aryl methyl sites for hydroxylation is 1. The van der Waals surface area contributed by atoms with Gasteiger partial charge in [0.05, 0.1) is 22.5 Å². The molecule has 0 radical (unpaired) electrons. The largest absolute Gasteiger partial charge is 0.361 e. The summed E-state index contributed by atoms with van der Waals surface area (Å²) in [5.74, 6) is 0.103. The number of carbonyl (C=O) groups is 1. The maximum atomic E-state index is 13.4. The van der Waals surface area contributed by atoms with Crippen LogP contribution in [0.1, 0.15) is 38.7 Å². The van der Waals surface area contributed by atoms with E-state index in [0.717, 1.165) is 17.5 Å². The number of nitrogens with zero attached hydrogens (tertiary/aromatic N) is 2. The van der Waals surface area contributed by atoms with E-state index in [2.05, 4.69) is 5.10 Å². The summed E-state index contributed by atoms with van der Waals surface area (Å²) >= 11 is 0. The summed E-state index contributed by atoms with van der Waals surface area (Å²) in [7, 11) is -4.06. The van der Waals surface area contributed by atoms with E-state index in [0.29, 0.717) is 24.2 Å². The zero-order chi connectivity index (χ0) is 23.4. The first-order valence-electron chi connectivity index (χ1n) is 11.3. The Morgan fingerprint density at radius 2 is 1.85 bits per heavy atom. The maximum Gasteiger partial charge on any atom is 0.311 e. The lowest BCUT2D eigenvalue weighted by atomic mass is 9.70. The molecule has 33 heavy (non-hydrogen) atoms. The Labute approximate surface area is 194 Å². The molecule has 0 saturated heterocycles. The van der Waals surface area contributed by atoms with Crippen LogP contribution in [0.25, 0.3) is 16.9 Å². The average molecular weight is 465 g/mol.